The van der Waals surface area contributed by atoms with Crippen molar-refractivity contribution >= 4 is 0 Å². The Kier molecular flexibility index (Phi) is 6.15. The number of hydrogen-bond acceptors (Lipinski definition) is 5. The molecule has 0 aliphatic heterocycles. The lowest BCUT2D eigenvalue weighted by atomic mass is 9.85. The first-order valence-corrected chi connectivity index (χ1v) is 10.8. The summed E-state index contributed by atoms with van der Waals surface area (Å²) in [6.07, 6.45) is 0. The summed E-state index contributed by atoms with van der Waals surface area (Å²) < 4.78 is 1.93. The SMILES string of the molecule is CC(C)(C)c1cc(Cn2c(=O)[nH]c(=O)n(Cc3ccc(O)c(C(C)(C)C)c3)c2=O)ccc1O. The topological polar surface area (TPSA) is 117 Å². The molecule has 1 aromatic heterocycles. The van der Waals surface area contributed by atoms with Crippen LogP contribution in [0.2, 0.25) is 0 Å². The van der Waals surface area contributed by atoms with Crippen LogP contribution in [0.25, 0.3) is 0 Å². The van der Waals surface area contributed by atoms with Crippen LogP contribution in [0.4, 0.5) is 0 Å². The molecule has 1 heterocycles. The minimum atomic E-state index is -0.798. The summed E-state index contributed by atoms with van der Waals surface area (Å²) in [7, 11) is 0. The quantitative estimate of drug-likeness (QED) is 0.562. The molecule has 0 amide bonds. The fourth-order valence-corrected chi connectivity index (χ4v) is 3.75. The molecule has 0 spiro atoms. The van der Waals surface area contributed by atoms with E-state index < -0.39 is 17.1 Å². The van der Waals surface area contributed by atoms with Gasteiger partial charge < -0.3 is 10.2 Å². The van der Waals surface area contributed by atoms with Crippen LogP contribution in [-0.4, -0.2) is 24.3 Å². The van der Waals surface area contributed by atoms with Gasteiger partial charge in [-0.1, -0.05) is 53.7 Å². The van der Waals surface area contributed by atoms with E-state index in [0.29, 0.717) is 22.3 Å². The minimum Gasteiger partial charge on any atom is -0.508 e. The summed E-state index contributed by atoms with van der Waals surface area (Å²) in [4.78, 5) is 40.3. The summed E-state index contributed by atoms with van der Waals surface area (Å²) in [5.41, 5.74) is -0.321. The molecule has 0 saturated heterocycles. The highest BCUT2D eigenvalue weighted by Crippen LogP contribution is 2.32. The van der Waals surface area contributed by atoms with E-state index in [4.69, 9.17) is 0 Å². The van der Waals surface area contributed by atoms with Crippen LogP contribution in [0.1, 0.15) is 63.8 Å². The zero-order valence-corrected chi connectivity index (χ0v) is 19.9. The van der Waals surface area contributed by atoms with Gasteiger partial charge in [0.2, 0.25) is 0 Å². The van der Waals surface area contributed by atoms with Crippen molar-refractivity contribution in [1.82, 2.24) is 14.1 Å². The molecule has 0 atom stereocenters. The number of phenols is 2. The van der Waals surface area contributed by atoms with Gasteiger partial charge in [-0.25, -0.2) is 23.5 Å². The standard InChI is InChI=1S/C25H31N3O5/c1-24(2,3)17-11-15(7-9-19(17)29)13-27-21(31)26-22(32)28(23(27)33)14-16-8-10-20(30)18(12-16)25(4,5)6/h7-12,29-30H,13-14H2,1-6H3,(H,26,31,32). The number of nitrogens with zero attached hydrogens (tertiary/aromatic N) is 2. The summed E-state index contributed by atoms with van der Waals surface area (Å²) in [5, 5.41) is 20.4. The molecule has 33 heavy (non-hydrogen) atoms. The fourth-order valence-electron chi connectivity index (χ4n) is 3.75. The molecular formula is C25H31N3O5. The summed E-state index contributed by atoms with van der Waals surface area (Å²) in [5.74, 6) is 0.277. The number of phenolic OH excluding ortho intramolecular Hbond substituents is 2. The molecule has 0 radical (unpaired) electrons. The lowest BCUT2D eigenvalue weighted by molar-refractivity contribution is 0.445. The normalized spacial score (nSPS) is 12.2. The number of aromatic amines is 1. The molecule has 0 aliphatic carbocycles. The lowest BCUT2D eigenvalue weighted by Gasteiger charge is -2.21. The van der Waals surface area contributed by atoms with E-state index in [-0.39, 0.29) is 35.4 Å². The van der Waals surface area contributed by atoms with Gasteiger partial charge in [0, 0.05) is 0 Å². The first kappa shape index (κ1) is 24.1. The Morgan fingerprint density at radius 2 is 1.06 bits per heavy atom. The summed E-state index contributed by atoms with van der Waals surface area (Å²) >= 11 is 0. The molecular weight excluding hydrogens is 422 g/mol. The Hall–Kier alpha value is -3.55. The van der Waals surface area contributed by atoms with Crippen molar-refractivity contribution in [1.29, 1.82) is 0 Å². The monoisotopic (exact) mass is 453 g/mol. The zero-order valence-electron chi connectivity index (χ0n) is 19.9. The Morgan fingerprint density at radius 3 is 1.39 bits per heavy atom. The molecule has 2 aromatic carbocycles. The van der Waals surface area contributed by atoms with Gasteiger partial charge in [0.1, 0.15) is 11.5 Å². The second-order valence-electron chi connectivity index (χ2n) is 10.4. The van der Waals surface area contributed by atoms with Crippen molar-refractivity contribution in [2.75, 3.05) is 0 Å². The van der Waals surface area contributed by atoms with Crippen molar-refractivity contribution in [3.63, 3.8) is 0 Å². The van der Waals surface area contributed by atoms with E-state index in [2.05, 4.69) is 4.98 Å². The number of aromatic nitrogens is 3. The molecule has 3 aromatic rings. The molecule has 3 N–H and O–H groups in total. The minimum absolute atomic E-state index is 0.0549. The molecule has 0 aliphatic rings. The molecule has 0 bridgehead atoms. The van der Waals surface area contributed by atoms with Gasteiger partial charge >= 0.3 is 17.1 Å². The Bertz CT molecular complexity index is 1260. The molecule has 0 saturated carbocycles. The Balaban J connectivity index is 2.05. The lowest BCUT2D eigenvalue weighted by Crippen LogP contribution is -2.49. The summed E-state index contributed by atoms with van der Waals surface area (Å²) in [6, 6.07) is 9.87. The van der Waals surface area contributed by atoms with E-state index in [1.54, 1.807) is 24.3 Å². The first-order valence-electron chi connectivity index (χ1n) is 10.8. The van der Waals surface area contributed by atoms with Crippen LogP contribution in [0.3, 0.4) is 0 Å². The largest absolute Gasteiger partial charge is 0.508 e. The van der Waals surface area contributed by atoms with Crippen LogP contribution in [0, 0.1) is 0 Å². The Labute approximate surface area is 191 Å². The van der Waals surface area contributed by atoms with Crippen LogP contribution in [0.15, 0.2) is 50.8 Å². The molecule has 0 fully saturated rings. The number of H-pyrrole nitrogens is 1. The van der Waals surface area contributed by atoms with Crippen molar-refractivity contribution < 1.29 is 10.2 Å². The third-order valence-electron chi connectivity index (χ3n) is 5.59. The maximum absolute atomic E-state index is 13.1. The van der Waals surface area contributed by atoms with E-state index in [9.17, 15) is 24.6 Å². The first-order chi connectivity index (χ1) is 15.2. The number of nitrogens with one attached hydrogen (secondary N) is 1. The van der Waals surface area contributed by atoms with Gasteiger partial charge in [0.15, 0.2) is 0 Å². The van der Waals surface area contributed by atoms with Gasteiger partial charge in [-0.3, -0.25) is 4.98 Å². The van der Waals surface area contributed by atoms with Crippen molar-refractivity contribution in [2.24, 2.45) is 0 Å². The molecule has 8 heteroatoms. The molecule has 176 valence electrons. The van der Waals surface area contributed by atoms with E-state index in [0.717, 1.165) is 9.13 Å². The van der Waals surface area contributed by atoms with Crippen LogP contribution >= 0.6 is 0 Å². The van der Waals surface area contributed by atoms with E-state index in [1.807, 2.05) is 41.5 Å². The third-order valence-corrected chi connectivity index (χ3v) is 5.59. The fraction of sp³-hybridized carbons (Fsp3) is 0.400. The zero-order chi connectivity index (χ0) is 24.7. The predicted molar refractivity (Wildman–Crippen MR) is 127 cm³/mol. The van der Waals surface area contributed by atoms with Crippen molar-refractivity contribution in [3.8, 4) is 11.5 Å². The predicted octanol–water partition coefficient (Wildman–Crippen LogP) is 2.80. The number of rotatable bonds is 4. The average molecular weight is 454 g/mol. The second-order valence-corrected chi connectivity index (χ2v) is 10.4. The second kappa shape index (κ2) is 8.42. The average Bonchev–Trinajstić information content (AvgIpc) is 2.69. The summed E-state index contributed by atoms with van der Waals surface area (Å²) in [6.45, 7) is 11.6. The van der Waals surface area contributed by atoms with Gasteiger partial charge in [-0.05, 0) is 57.3 Å². The smallest absolute Gasteiger partial charge is 0.336 e. The highest BCUT2D eigenvalue weighted by Gasteiger charge is 2.21. The molecule has 3 rings (SSSR count). The third kappa shape index (κ3) is 5.10. The highest BCUT2D eigenvalue weighted by atomic mass is 16.3. The highest BCUT2D eigenvalue weighted by molar-refractivity contribution is 5.41. The van der Waals surface area contributed by atoms with Crippen LogP contribution in [-0.2, 0) is 23.9 Å². The van der Waals surface area contributed by atoms with Gasteiger partial charge in [-0.2, -0.15) is 0 Å². The molecule has 8 nitrogen and oxygen atoms in total. The van der Waals surface area contributed by atoms with Crippen molar-refractivity contribution in [2.45, 2.75) is 65.5 Å². The molecule has 0 unspecified atom stereocenters. The maximum atomic E-state index is 13.1. The van der Waals surface area contributed by atoms with Gasteiger partial charge in [-0.15, -0.1) is 0 Å². The van der Waals surface area contributed by atoms with E-state index >= 15 is 0 Å². The van der Waals surface area contributed by atoms with Crippen LogP contribution in [0.5, 0.6) is 11.5 Å². The number of aromatic hydroxyl groups is 2. The maximum Gasteiger partial charge on any atom is 0.336 e. The van der Waals surface area contributed by atoms with Crippen molar-refractivity contribution in [3.05, 3.63) is 90.1 Å². The van der Waals surface area contributed by atoms with Crippen LogP contribution < -0.4 is 17.1 Å². The van der Waals surface area contributed by atoms with Gasteiger partial charge in [0.25, 0.3) is 0 Å². The van der Waals surface area contributed by atoms with Gasteiger partial charge in [0.05, 0.1) is 13.1 Å². The van der Waals surface area contributed by atoms with E-state index in [1.165, 1.54) is 12.1 Å². The number of benzene rings is 2. The number of hydrogen-bond donors (Lipinski definition) is 3. The Morgan fingerprint density at radius 1 is 0.697 bits per heavy atom.